The van der Waals surface area contributed by atoms with Crippen LogP contribution in [0.3, 0.4) is 0 Å². The van der Waals surface area contributed by atoms with Crippen molar-refractivity contribution in [1.29, 1.82) is 0 Å². The molecule has 0 fully saturated rings. The van der Waals surface area contributed by atoms with Gasteiger partial charge in [-0.1, -0.05) is 0 Å². The largest absolute Gasteiger partial charge is 0.395 e. The average molecular weight is 286 g/mol. The SMILES string of the molecule is CNS(=O)(=O)c1cc(C(=O)NCCO)cc(C)c1C. The highest BCUT2D eigenvalue weighted by Gasteiger charge is 2.19. The fraction of sp³-hybridized carbons (Fsp3) is 0.417. The smallest absolute Gasteiger partial charge is 0.251 e. The van der Waals surface area contributed by atoms with E-state index in [1.165, 1.54) is 13.1 Å². The van der Waals surface area contributed by atoms with Gasteiger partial charge in [-0.3, -0.25) is 4.79 Å². The molecule has 19 heavy (non-hydrogen) atoms. The highest BCUT2D eigenvalue weighted by molar-refractivity contribution is 7.89. The van der Waals surface area contributed by atoms with Crippen LogP contribution in [0.1, 0.15) is 21.5 Å². The van der Waals surface area contributed by atoms with Crippen LogP contribution in [0.15, 0.2) is 17.0 Å². The predicted molar refractivity (Wildman–Crippen MR) is 71.6 cm³/mol. The van der Waals surface area contributed by atoms with Crippen LogP contribution in [-0.4, -0.2) is 39.6 Å². The summed E-state index contributed by atoms with van der Waals surface area (Å²) in [6.45, 7) is 3.39. The number of aliphatic hydroxyl groups is 1. The van der Waals surface area contributed by atoms with Crippen LogP contribution in [0.25, 0.3) is 0 Å². The number of sulfonamides is 1. The molecule has 0 spiro atoms. The molecule has 0 aliphatic carbocycles. The second-order valence-electron chi connectivity index (χ2n) is 4.10. The van der Waals surface area contributed by atoms with Gasteiger partial charge in [0.15, 0.2) is 0 Å². The number of aryl methyl sites for hydroxylation is 1. The fourth-order valence-electron chi connectivity index (χ4n) is 1.62. The molecule has 0 heterocycles. The number of benzene rings is 1. The molecule has 0 aromatic heterocycles. The van der Waals surface area contributed by atoms with Crippen molar-refractivity contribution >= 4 is 15.9 Å². The molecule has 1 amide bonds. The van der Waals surface area contributed by atoms with Gasteiger partial charge in [-0.15, -0.1) is 0 Å². The van der Waals surface area contributed by atoms with Crippen LogP contribution in [0.4, 0.5) is 0 Å². The number of rotatable bonds is 5. The number of hydrogen-bond acceptors (Lipinski definition) is 4. The van der Waals surface area contributed by atoms with E-state index in [0.29, 0.717) is 11.1 Å². The van der Waals surface area contributed by atoms with Gasteiger partial charge in [-0.25, -0.2) is 13.1 Å². The molecule has 106 valence electrons. The highest BCUT2D eigenvalue weighted by atomic mass is 32.2. The Bertz CT molecular complexity index is 582. The molecule has 1 rings (SSSR count). The Balaban J connectivity index is 3.28. The van der Waals surface area contributed by atoms with Gasteiger partial charge in [0.25, 0.3) is 5.91 Å². The van der Waals surface area contributed by atoms with Gasteiger partial charge < -0.3 is 10.4 Å². The van der Waals surface area contributed by atoms with Gasteiger partial charge in [0.05, 0.1) is 11.5 Å². The first-order valence-corrected chi connectivity index (χ1v) is 7.25. The van der Waals surface area contributed by atoms with Crippen LogP contribution >= 0.6 is 0 Å². The number of carbonyl (C=O) groups excluding carboxylic acids is 1. The maximum atomic E-state index is 11.9. The zero-order chi connectivity index (χ0) is 14.6. The summed E-state index contributed by atoms with van der Waals surface area (Å²) in [6, 6.07) is 2.96. The molecular formula is C12H18N2O4S. The summed E-state index contributed by atoms with van der Waals surface area (Å²) in [7, 11) is -2.29. The summed E-state index contributed by atoms with van der Waals surface area (Å²) in [5, 5.41) is 11.1. The molecule has 0 saturated carbocycles. The summed E-state index contributed by atoms with van der Waals surface area (Å²) < 4.78 is 26.0. The quantitative estimate of drug-likeness (QED) is 0.706. The summed E-state index contributed by atoms with van der Waals surface area (Å²) >= 11 is 0. The first-order chi connectivity index (χ1) is 8.83. The Morgan fingerprint density at radius 3 is 2.47 bits per heavy atom. The lowest BCUT2D eigenvalue weighted by Crippen LogP contribution is -2.27. The summed E-state index contributed by atoms with van der Waals surface area (Å²) in [5.74, 6) is -0.412. The third-order valence-electron chi connectivity index (χ3n) is 2.84. The van der Waals surface area contributed by atoms with Crippen molar-refractivity contribution in [3.8, 4) is 0 Å². The molecule has 1 aromatic carbocycles. The molecule has 0 saturated heterocycles. The molecule has 0 radical (unpaired) electrons. The van der Waals surface area contributed by atoms with Crippen LogP contribution in [0.5, 0.6) is 0 Å². The van der Waals surface area contributed by atoms with E-state index in [2.05, 4.69) is 10.0 Å². The number of hydrogen-bond donors (Lipinski definition) is 3. The maximum absolute atomic E-state index is 11.9. The normalized spacial score (nSPS) is 11.4. The van der Waals surface area contributed by atoms with Crippen LogP contribution in [0.2, 0.25) is 0 Å². The lowest BCUT2D eigenvalue weighted by atomic mass is 10.1. The Labute approximate surface area is 112 Å². The van der Waals surface area contributed by atoms with Crippen molar-refractivity contribution in [3.05, 3.63) is 28.8 Å². The van der Waals surface area contributed by atoms with E-state index in [9.17, 15) is 13.2 Å². The average Bonchev–Trinajstić information content (AvgIpc) is 2.38. The molecule has 3 N–H and O–H groups in total. The minimum atomic E-state index is -3.61. The lowest BCUT2D eigenvalue weighted by Gasteiger charge is -2.12. The lowest BCUT2D eigenvalue weighted by molar-refractivity contribution is 0.0944. The van der Waals surface area contributed by atoms with Crippen LogP contribution < -0.4 is 10.0 Å². The maximum Gasteiger partial charge on any atom is 0.251 e. The predicted octanol–water partition coefficient (Wildman–Crippen LogP) is -0.0664. The molecule has 7 heteroatoms. The van der Waals surface area contributed by atoms with Crippen molar-refractivity contribution in [1.82, 2.24) is 10.0 Å². The first-order valence-electron chi connectivity index (χ1n) is 5.77. The van der Waals surface area contributed by atoms with Gasteiger partial charge >= 0.3 is 0 Å². The molecule has 0 bridgehead atoms. The number of carbonyl (C=O) groups is 1. The number of aliphatic hydroxyl groups excluding tert-OH is 1. The van der Waals surface area contributed by atoms with E-state index >= 15 is 0 Å². The third kappa shape index (κ3) is 3.52. The van der Waals surface area contributed by atoms with Gasteiger partial charge in [0.2, 0.25) is 10.0 Å². The number of amides is 1. The molecule has 1 aromatic rings. The zero-order valence-electron chi connectivity index (χ0n) is 11.1. The van der Waals surface area contributed by atoms with Crippen molar-refractivity contribution in [2.45, 2.75) is 18.7 Å². The van der Waals surface area contributed by atoms with Crippen molar-refractivity contribution in [2.75, 3.05) is 20.2 Å². The van der Waals surface area contributed by atoms with E-state index in [1.54, 1.807) is 19.9 Å². The molecule has 0 atom stereocenters. The van der Waals surface area contributed by atoms with Crippen LogP contribution in [-0.2, 0) is 10.0 Å². The van der Waals surface area contributed by atoms with E-state index in [0.717, 1.165) is 0 Å². The van der Waals surface area contributed by atoms with E-state index < -0.39 is 15.9 Å². The minimum Gasteiger partial charge on any atom is -0.395 e. The third-order valence-corrected chi connectivity index (χ3v) is 4.38. The Morgan fingerprint density at radius 1 is 1.32 bits per heavy atom. The highest BCUT2D eigenvalue weighted by Crippen LogP contribution is 2.20. The molecule has 6 nitrogen and oxygen atoms in total. The standard InChI is InChI=1S/C12H18N2O4S/c1-8-6-10(12(16)14-4-5-15)7-11(9(8)2)19(17,18)13-3/h6-7,13,15H,4-5H2,1-3H3,(H,14,16). The Kier molecular flexibility index (Phi) is 5.04. The molecule has 0 aliphatic rings. The van der Waals surface area contributed by atoms with Crippen molar-refractivity contribution < 1.29 is 18.3 Å². The van der Waals surface area contributed by atoms with Gasteiger partial charge in [0.1, 0.15) is 0 Å². The summed E-state index contributed by atoms with van der Waals surface area (Å²) in [5.41, 5.74) is 1.57. The number of nitrogens with one attached hydrogen (secondary N) is 2. The second kappa shape index (κ2) is 6.14. The topological polar surface area (TPSA) is 95.5 Å². The van der Waals surface area contributed by atoms with E-state index in [-0.39, 0.29) is 23.6 Å². The van der Waals surface area contributed by atoms with Crippen molar-refractivity contribution in [2.24, 2.45) is 0 Å². The van der Waals surface area contributed by atoms with Gasteiger partial charge in [-0.05, 0) is 44.2 Å². The molecule has 0 unspecified atom stereocenters. The summed E-state index contributed by atoms with van der Waals surface area (Å²) in [6.07, 6.45) is 0. The minimum absolute atomic E-state index is 0.0872. The van der Waals surface area contributed by atoms with Crippen LogP contribution in [0, 0.1) is 13.8 Å². The Hall–Kier alpha value is -1.44. The summed E-state index contributed by atoms with van der Waals surface area (Å²) in [4.78, 5) is 11.9. The van der Waals surface area contributed by atoms with Gasteiger partial charge in [0, 0.05) is 12.1 Å². The second-order valence-corrected chi connectivity index (χ2v) is 5.96. The fourth-order valence-corrected chi connectivity index (χ4v) is 2.68. The zero-order valence-corrected chi connectivity index (χ0v) is 12.0. The monoisotopic (exact) mass is 286 g/mol. The van der Waals surface area contributed by atoms with E-state index in [4.69, 9.17) is 5.11 Å². The van der Waals surface area contributed by atoms with Crippen molar-refractivity contribution in [3.63, 3.8) is 0 Å². The Morgan fingerprint density at radius 2 is 1.95 bits per heavy atom. The molecule has 0 aliphatic heterocycles. The first kappa shape index (κ1) is 15.6. The van der Waals surface area contributed by atoms with E-state index in [1.807, 2.05) is 0 Å². The molecular weight excluding hydrogens is 268 g/mol. The van der Waals surface area contributed by atoms with Gasteiger partial charge in [-0.2, -0.15) is 0 Å².